The second kappa shape index (κ2) is 6.05. The van der Waals surface area contributed by atoms with Gasteiger partial charge >= 0.3 is 0 Å². The molecule has 0 radical (unpaired) electrons. The third-order valence-corrected chi connectivity index (χ3v) is 2.17. The molecule has 3 heteroatoms. The smallest absolute Gasteiger partial charge is 0.203 e. The summed E-state index contributed by atoms with van der Waals surface area (Å²) in [5, 5.41) is 0. The molecular formula is C13H18O3. The van der Waals surface area contributed by atoms with Gasteiger partial charge in [0.2, 0.25) is 5.75 Å². The van der Waals surface area contributed by atoms with Crippen molar-refractivity contribution in [3.8, 4) is 17.2 Å². The van der Waals surface area contributed by atoms with Crippen molar-refractivity contribution in [1.82, 2.24) is 0 Å². The number of methoxy groups -OCH3 is 2. The van der Waals surface area contributed by atoms with Gasteiger partial charge in [-0.25, -0.2) is 0 Å². The van der Waals surface area contributed by atoms with Crippen LogP contribution in [-0.4, -0.2) is 20.8 Å². The molecular weight excluding hydrogens is 204 g/mol. The highest BCUT2D eigenvalue weighted by Crippen LogP contribution is 2.40. The number of hydrogen-bond donors (Lipinski definition) is 0. The van der Waals surface area contributed by atoms with E-state index in [2.05, 4.69) is 0 Å². The molecule has 0 unspecified atom stereocenters. The molecule has 3 nitrogen and oxygen atoms in total. The summed E-state index contributed by atoms with van der Waals surface area (Å²) in [5.41, 5.74) is 0.988. The maximum absolute atomic E-state index is 5.60. The predicted molar refractivity (Wildman–Crippen MR) is 65.4 cm³/mol. The van der Waals surface area contributed by atoms with Crippen LogP contribution in [0.25, 0.3) is 6.08 Å². The van der Waals surface area contributed by atoms with Crippen LogP contribution >= 0.6 is 0 Å². The second-order valence-electron chi connectivity index (χ2n) is 3.15. The van der Waals surface area contributed by atoms with Crippen molar-refractivity contribution in [1.29, 1.82) is 0 Å². The van der Waals surface area contributed by atoms with Gasteiger partial charge in [0.05, 0.1) is 20.8 Å². The van der Waals surface area contributed by atoms with E-state index in [1.165, 1.54) is 0 Å². The predicted octanol–water partition coefficient (Wildman–Crippen LogP) is 3.14. The molecule has 1 aromatic rings. The van der Waals surface area contributed by atoms with Crippen molar-refractivity contribution in [3.63, 3.8) is 0 Å². The molecule has 0 bridgehead atoms. The minimum absolute atomic E-state index is 0.591. The number of hydrogen-bond acceptors (Lipinski definition) is 3. The Balaban J connectivity index is 3.31. The fourth-order valence-electron chi connectivity index (χ4n) is 1.52. The first-order chi connectivity index (χ1) is 7.78. The van der Waals surface area contributed by atoms with Gasteiger partial charge in [-0.05, 0) is 26.0 Å². The van der Waals surface area contributed by atoms with Crippen LogP contribution in [0.2, 0.25) is 0 Å². The van der Waals surface area contributed by atoms with Crippen molar-refractivity contribution < 1.29 is 14.2 Å². The molecule has 0 N–H and O–H groups in total. The van der Waals surface area contributed by atoms with Crippen LogP contribution in [0.5, 0.6) is 17.2 Å². The molecule has 0 amide bonds. The van der Waals surface area contributed by atoms with Crippen molar-refractivity contribution in [2.45, 2.75) is 13.8 Å². The van der Waals surface area contributed by atoms with E-state index >= 15 is 0 Å². The number of benzene rings is 1. The summed E-state index contributed by atoms with van der Waals surface area (Å²) < 4.78 is 16.1. The molecule has 16 heavy (non-hydrogen) atoms. The molecule has 0 aliphatic rings. The molecule has 0 saturated heterocycles. The van der Waals surface area contributed by atoms with Crippen LogP contribution in [0.3, 0.4) is 0 Å². The Morgan fingerprint density at radius 3 is 2.38 bits per heavy atom. The quantitative estimate of drug-likeness (QED) is 0.766. The highest BCUT2D eigenvalue weighted by Gasteiger charge is 2.14. The molecule has 0 saturated carbocycles. The Labute approximate surface area is 96.6 Å². The van der Waals surface area contributed by atoms with Gasteiger partial charge in [-0.3, -0.25) is 0 Å². The van der Waals surface area contributed by atoms with Crippen molar-refractivity contribution in [2.24, 2.45) is 0 Å². The molecule has 0 heterocycles. The van der Waals surface area contributed by atoms with Crippen molar-refractivity contribution in [3.05, 3.63) is 23.8 Å². The minimum atomic E-state index is 0.591. The monoisotopic (exact) mass is 222 g/mol. The van der Waals surface area contributed by atoms with Gasteiger partial charge in [-0.1, -0.05) is 12.2 Å². The van der Waals surface area contributed by atoms with E-state index in [0.29, 0.717) is 18.1 Å². The van der Waals surface area contributed by atoms with Crippen molar-refractivity contribution >= 4 is 6.08 Å². The Morgan fingerprint density at radius 1 is 1.12 bits per heavy atom. The van der Waals surface area contributed by atoms with Gasteiger partial charge in [0.15, 0.2) is 11.5 Å². The highest BCUT2D eigenvalue weighted by atomic mass is 16.5. The first-order valence-corrected chi connectivity index (χ1v) is 5.28. The molecule has 0 aliphatic carbocycles. The fourth-order valence-corrected chi connectivity index (χ4v) is 1.52. The van der Waals surface area contributed by atoms with E-state index in [-0.39, 0.29) is 0 Å². The first-order valence-electron chi connectivity index (χ1n) is 5.28. The lowest BCUT2D eigenvalue weighted by atomic mass is 10.1. The third-order valence-electron chi connectivity index (χ3n) is 2.17. The third kappa shape index (κ3) is 2.48. The summed E-state index contributed by atoms with van der Waals surface area (Å²) in [6, 6.07) is 3.82. The molecule has 88 valence electrons. The van der Waals surface area contributed by atoms with Crippen LogP contribution in [-0.2, 0) is 0 Å². The van der Waals surface area contributed by atoms with E-state index in [0.717, 1.165) is 11.3 Å². The van der Waals surface area contributed by atoms with E-state index in [1.54, 1.807) is 14.2 Å². The van der Waals surface area contributed by atoms with Crippen LogP contribution < -0.4 is 14.2 Å². The lowest BCUT2D eigenvalue weighted by molar-refractivity contribution is 0.296. The van der Waals surface area contributed by atoms with Crippen LogP contribution in [0, 0.1) is 0 Å². The first kappa shape index (κ1) is 12.4. The Hall–Kier alpha value is -1.64. The van der Waals surface area contributed by atoms with E-state index < -0.39 is 0 Å². The van der Waals surface area contributed by atoms with Crippen LogP contribution in [0.1, 0.15) is 19.4 Å². The fraction of sp³-hybridized carbons (Fsp3) is 0.385. The van der Waals surface area contributed by atoms with Gasteiger partial charge < -0.3 is 14.2 Å². The van der Waals surface area contributed by atoms with Gasteiger partial charge in [0.25, 0.3) is 0 Å². The topological polar surface area (TPSA) is 27.7 Å². The second-order valence-corrected chi connectivity index (χ2v) is 3.15. The SMILES string of the molecule is C/C=C/c1ccc(OC)c(OC)c1OCC. The van der Waals surface area contributed by atoms with Gasteiger partial charge in [-0.15, -0.1) is 0 Å². The van der Waals surface area contributed by atoms with E-state index in [4.69, 9.17) is 14.2 Å². The average Bonchev–Trinajstić information content (AvgIpc) is 2.31. The Morgan fingerprint density at radius 2 is 1.88 bits per heavy atom. The number of allylic oxidation sites excluding steroid dienone is 1. The summed E-state index contributed by atoms with van der Waals surface area (Å²) in [6.45, 7) is 4.50. The van der Waals surface area contributed by atoms with E-state index in [1.807, 2.05) is 38.1 Å². The highest BCUT2D eigenvalue weighted by molar-refractivity contribution is 5.66. The summed E-state index contributed by atoms with van der Waals surface area (Å²) in [7, 11) is 3.22. The molecule has 0 spiro atoms. The lowest BCUT2D eigenvalue weighted by Gasteiger charge is -2.15. The lowest BCUT2D eigenvalue weighted by Crippen LogP contribution is -1.99. The molecule has 0 atom stereocenters. The Bertz CT molecular complexity index is 370. The zero-order chi connectivity index (χ0) is 12.0. The summed E-state index contributed by atoms with van der Waals surface area (Å²) in [5.74, 6) is 2.04. The zero-order valence-corrected chi connectivity index (χ0v) is 10.2. The molecule has 1 rings (SSSR count). The maximum atomic E-state index is 5.60. The molecule has 0 aliphatic heterocycles. The Kier molecular flexibility index (Phi) is 4.70. The summed E-state index contributed by atoms with van der Waals surface area (Å²) in [6.07, 6.45) is 3.94. The summed E-state index contributed by atoms with van der Waals surface area (Å²) in [4.78, 5) is 0. The molecule has 0 fully saturated rings. The average molecular weight is 222 g/mol. The number of rotatable bonds is 5. The van der Waals surface area contributed by atoms with Crippen LogP contribution in [0.15, 0.2) is 18.2 Å². The molecule has 0 aromatic heterocycles. The van der Waals surface area contributed by atoms with Crippen molar-refractivity contribution in [2.75, 3.05) is 20.8 Å². The van der Waals surface area contributed by atoms with Gasteiger partial charge in [-0.2, -0.15) is 0 Å². The normalized spacial score (nSPS) is 10.5. The van der Waals surface area contributed by atoms with Gasteiger partial charge in [0, 0.05) is 5.56 Å². The van der Waals surface area contributed by atoms with E-state index in [9.17, 15) is 0 Å². The molecule has 1 aromatic carbocycles. The van der Waals surface area contributed by atoms with Gasteiger partial charge in [0.1, 0.15) is 0 Å². The summed E-state index contributed by atoms with van der Waals surface area (Å²) >= 11 is 0. The number of ether oxygens (including phenoxy) is 3. The largest absolute Gasteiger partial charge is 0.493 e. The van der Waals surface area contributed by atoms with Crippen LogP contribution in [0.4, 0.5) is 0 Å². The standard InChI is InChI=1S/C13H18O3/c1-5-7-10-8-9-11(14-3)13(15-4)12(10)16-6-2/h5,7-9H,6H2,1-4H3/b7-5+. The zero-order valence-electron chi connectivity index (χ0n) is 10.2. The minimum Gasteiger partial charge on any atom is -0.493 e. The maximum Gasteiger partial charge on any atom is 0.203 e.